The van der Waals surface area contributed by atoms with Gasteiger partial charge in [-0.3, -0.25) is 9.59 Å². The van der Waals surface area contributed by atoms with E-state index in [1.807, 2.05) is 68.3 Å². The lowest BCUT2D eigenvalue weighted by molar-refractivity contribution is 0.0982. The van der Waals surface area contributed by atoms with Crippen molar-refractivity contribution in [1.82, 2.24) is 5.32 Å². The molecule has 1 atom stereocenters. The Bertz CT molecular complexity index is 1190. The number of carbonyl (C=O) groups excluding carboxylic acids is 2. The fraction of sp³-hybridized carbons (Fsp3) is 0.231. The van der Waals surface area contributed by atoms with Crippen LogP contribution in [0.5, 0.6) is 0 Å². The summed E-state index contributed by atoms with van der Waals surface area (Å²) in [5.41, 5.74) is 5.53. The second-order valence-corrected chi connectivity index (χ2v) is 8.53. The van der Waals surface area contributed by atoms with Crippen LogP contribution >= 0.6 is 11.6 Å². The first-order valence-corrected chi connectivity index (χ1v) is 11.0. The maximum absolute atomic E-state index is 13.4. The molecule has 6 heteroatoms. The lowest BCUT2D eigenvalue weighted by Crippen LogP contribution is -2.39. The van der Waals surface area contributed by atoms with Gasteiger partial charge in [0, 0.05) is 40.1 Å². The van der Waals surface area contributed by atoms with Crippen molar-refractivity contribution in [1.29, 1.82) is 0 Å². The molecule has 4 rings (SSSR count). The number of hydrogen-bond acceptors (Lipinski definition) is 3. The van der Waals surface area contributed by atoms with Gasteiger partial charge in [0.15, 0.2) is 0 Å². The maximum Gasteiger partial charge on any atom is 0.258 e. The van der Waals surface area contributed by atoms with Crippen molar-refractivity contribution in [2.24, 2.45) is 0 Å². The van der Waals surface area contributed by atoms with E-state index in [-0.39, 0.29) is 17.9 Å². The van der Waals surface area contributed by atoms with Crippen molar-refractivity contribution in [2.45, 2.75) is 26.3 Å². The Labute approximate surface area is 193 Å². The Hall–Kier alpha value is -3.15. The Morgan fingerprint density at radius 2 is 1.75 bits per heavy atom. The highest BCUT2D eigenvalue weighted by Crippen LogP contribution is 2.36. The molecule has 2 amide bonds. The fourth-order valence-electron chi connectivity index (χ4n) is 4.25. The number of aryl methyl sites for hydroxylation is 2. The van der Waals surface area contributed by atoms with E-state index >= 15 is 0 Å². The quantitative estimate of drug-likeness (QED) is 0.553. The minimum absolute atomic E-state index is 0.0580. The molecule has 0 aliphatic carbocycles. The number of halogens is 1. The number of rotatable bonds is 4. The van der Waals surface area contributed by atoms with Crippen LogP contribution in [-0.4, -0.2) is 25.4 Å². The summed E-state index contributed by atoms with van der Waals surface area (Å²) in [6, 6.07) is 18.7. The molecule has 0 aromatic heterocycles. The van der Waals surface area contributed by atoms with Crippen molar-refractivity contribution in [3.63, 3.8) is 0 Å². The second-order valence-electron chi connectivity index (χ2n) is 8.09. The number of fused-ring (bicyclic) bond motifs is 1. The molecule has 0 radical (unpaired) electrons. The van der Waals surface area contributed by atoms with E-state index in [1.165, 1.54) is 0 Å². The largest absolute Gasteiger partial charge is 0.322 e. The highest BCUT2D eigenvalue weighted by atomic mass is 35.5. The molecule has 0 fully saturated rings. The van der Waals surface area contributed by atoms with Crippen LogP contribution in [0.2, 0.25) is 5.02 Å². The highest BCUT2D eigenvalue weighted by Gasteiger charge is 2.29. The molecule has 2 N–H and O–H groups in total. The van der Waals surface area contributed by atoms with Gasteiger partial charge in [0.1, 0.15) is 0 Å². The van der Waals surface area contributed by atoms with Crippen LogP contribution in [0.1, 0.15) is 49.9 Å². The van der Waals surface area contributed by atoms with Gasteiger partial charge in [0.05, 0.1) is 0 Å². The van der Waals surface area contributed by atoms with Crippen molar-refractivity contribution < 1.29 is 9.59 Å². The van der Waals surface area contributed by atoms with Crippen LogP contribution in [0.3, 0.4) is 0 Å². The number of nitrogens with one attached hydrogen (secondary N) is 2. The zero-order valence-electron chi connectivity index (χ0n) is 18.4. The molecular formula is C26H26ClN3O2. The van der Waals surface area contributed by atoms with Crippen molar-refractivity contribution in [3.05, 3.63) is 93.5 Å². The molecular weight excluding hydrogens is 422 g/mol. The fourth-order valence-corrected chi connectivity index (χ4v) is 4.43. The van der Waals surface area contributed by atoms with E-state index in [1.54, 1.807) is 18.2 Å². The van der Waals surface area contributed by atoms with E-state index < -0.39 is 0 Å². The van der Waals surface area contributed by atoms with Crippen LogP contribution < -0.4 is 15.5 Å². The van der Waals surface area contributed by atoms with Gasteiger partial charge < -0.3 is 15.5 Å². The summed E-state index contributed by atoms with van der Waals surface area (Å²) in [7, 11) is 1.92. The van der Waals surface area contributed by atoms with Gasteiger partial charge in [-0.15, -0.1) is 0 Å². The Balaban J connectivity index is 1.58. The van der Waals surface area contributed by atoms with Gasteiger partial charge in [0.2, 0.25) is 0 Å². The summed E-state index contributed by atoms with van der Waals surface area (Å²) in [6.45, 7) is 4.41. The molecule has 1 heterocycles. The Morgan fingerprint density at radius 3 is 2.47 bits per heavy atom. The smallest absolute Gasteiger partial charge is 0.258 e. The van der Waals surface area contributed by atoms with Crippen molar-refractivity contribution >= 4 is 34.8 Å². The third-order valence-electron chi connectivity index (χ3n) is 6.00. The number of hydrogen-bond donors (Lipinski definition) is 2. The highest BCUT2D eigenvalue weighted by molar-refractivity contribution is 6.30. The number of benzene rings is 3. The maximum atomic E-state index is 13.4. The molecule has 3 aromatic carbocycles. The zero-order chi connectivity index (χ0) is 22.8. The van der Waals surface area contributed by atoms with Gasteiger partial charge in [-0.05, 0) is 86.5 Å². The van der Waals surface area contributed by atoms with Crippen LogP contribution in [0.15, 0.2) is 60.7 Å². The number of carbonyl (C=O) groups is 2. The molecule has 32 heavy (non-hydrogen) atoms. The number of anilines is 2. The first-order chi connectivity index (χ1) is 15.4. The molecule has 1 aliphatic rings. The van der Waals surface area contributed by atoms with Crippen LogP contribution in [-0.2, 0) is 0 Å². The molecule has 0 saturated carbocycles. The van der Waals surface area contributed by atoms with Gasteiger partial charge >= 0.3 is 0 Å². The standard InChI is InChI=1S/C26H26ClN3O2/c1-16-6-4-5-7-20(16)25(31)29-19-9-10-21(17(2)14-19)26(32)30-13-12-23(28-3)22-15-18(27)8-11-24(22)30/h4-11,14-15,23,28H,12-13H2,1-3H3,(H,29,31). The van der Waals surface area contributed by atoms with E-state index in [2.05, 4.69) is 10.6 Å². The third kappa shape index (κ3) is 4.27. The molecule has 1 unspecified atom stereocenters. The monoisotopic (exact) mass is 447 g/mol. The van der Waals surface area contributed by atoms with Gasteiger partial charge in [-0.2, -0.15) is 0 Å². The third-order valence-corrected chi connectivity index (χ3v) is 6.23. The Morgan fingerprint density at radius 1 is 0.969 bits per heavy atom. The molecule has 0 saturated heterocycles. The average molecular weight is 448 g/mol. The minimum atomic E-state index is -0.165. The predicted molar refractivity (Wildman–Crippen MR) is 130 cm³/mol. The van der Waals surface area contributed by atoms with Crippen molar-refractivity contribution in [3.8, 4) is 0 Å². The molecule has 5 nitrogen and oxygen atoms in total. The zero-order valence-corrected chi connectivity index (χ0v) is 19.2. The molecule has 0 spiro atoms. The van der Waals surface area contributed by atoms with Crippen LogP contribution in [0, 0.1) is 13.8 Å². The van der Waals surface area contributed by atoms with Crippen molar-refractivity contribution in [2.75, 3.05) is 23.8 Å². The normalized spacial score (nSPS) is 15.2. The lowest BCUT2D eigenvalue weighted by atomic mass is 9.95. The van der Waals surface area contributed by atoms with Gasteiger partial charge in [-0.25, -0.2) is 0 Å². The summed E-state index contributed by atoms with van der Waals surface area (Å²) < 4.78 is 0. The summed E-state index contributed by atoms with van der Waals surface area (Å²) in [5, 5.41) is 6.89. The average Bonchev–Trinajstić information content (AvgIpc) is 2.78. The van der Waals surface area contributed by atoms with E-state index in [0.29, 0.717) is 28.4 Å². The summed E-state index contributed by atoms with van der Waals surface area (Å²) in [4.78, 5) is 27.9. The summed E-state index contributed by atoms with van der Waals surface area (Å²) in [6.07, 6.45) is 0.805. The van der Waals surface area contributed by atoms with E-state index in [4.69, 9.17) is 11.6 Å². The number of amides is 2. The summed E-state index contributed by atoms with van der Waals surface area (Å²) in [5.74, 6) is -0.223. The molecule has 0 bridgehead atoms. The first kappa shape index (κ1) is 22.1. The first-order valence-electron chi connectivity index (χ1n) is 10.6. The molecule has 164 valence electrons. The van der Waals surface area contributed by atoms with Crippen LogP contribution in [0.25, 0.3) is 0 Å². The van der Waals surface area contributed by atoms with Crippen LogP contribution in [0.4, 0.5) is 11.4 Å². The molecule has 3 aromatic rings. The Kier molecular flexibility index (Phi) is 6.31. The summed E-state index contributed by atoms with van der Waals surface area (Å²) >= 11 is 6.22. The second kappa shape index (κ2) is 9.15. The molecule has 1 aliphatic heterocycles. The van der Waals surface area contributed by atoms with E-state index in [9.17, 15) is 9.59 Å². The van der Waals surface area contributed by atoms with Gasteiger partial charge in [-0.1, -0.05) is 29.8 Å². The topological polar surface area (TPSA) is 61.4 Å². The predicted octanol–water partition coefficient (Wildman–Crippen LogP) is 5.52. The lowest BCUT2D eigenvalue weighted by Gasteiger charge is -2.34. The SMILES string of the molecule is CNC1CCN(C(=O)c2ccc(NC(=O)c3ccccc3C)cc2C)c2ccc(Cl)cc21. The van der Waals surface area contributed by atoms with E-state index in [0.717, 1.165) is 28.8 Å². The number of nitrogens with zero attached hydrogens (tertiary/aromatic N) is 1. The van der Waals surface area contributed by atoms with Gasteiger partial charge in [0.25, 0.3) is 11.8 Å². The minimum Gasteiger partial charge on any atom is -0.322 e.